The van der Waals surface area contributed by atoms with Gasteiger partial charge in [-0.05, 0) is 37.9 Å². The van der Waals surface area contributed by atoms with Gasteiger partial charge >= 0.3 is 0 Å². The second-order valence-electron chi connectivity index (χ2n) is 6.89. The third-order valence-electron chi connectivity index (χ3n) is 5.11. The Balaban J connectivity index is 0.00000243. The van der Waals surface area contributed by atoms with Gasteiger partial charge in [-0.25, -0.2) is 0 Å². The molecule has 2 heterocycles. The molecule has 0 aliphatic carbocycles. The van der Waals surface area contributed by atoms with Crippen LogP contribution in [0.15, 0.2) is 24.3 Å². The summed E-state index contributed by atoms with van der Waals surface area (Å²) in [7, 11) is 0. The highest BCUT2D eigenvalue weighted by Gasteiger charge is 2.37. The Bertz CT molecular complexity index is 640. The Morgan fingerprint density at radius 3 is 2.88 bits per heavy atom. The van der Waals surface area contributed by atoms with Crippen molar-refractivity contribution in [3.05, 3.63) is 24.3 Å². The molecule has 1 aromatic carbocycles. The molecule has 2 saturated heterocycles. The van der Waals surface area contributed by atoms with Crippen molar-refractivity contribution >= 4 is 29.9 Å². The first-order chi connectivity index (χ1) is 12.1. The Kier molecular flexibility index (Phi) is 7.29. The first-order valence-corrected chi connectivity index (χ1v) is 9.13. The van der Waals surface area contributed by atoms with Crippen molar-refractivity contribution in [2.75, 3.05) is 31.1 Å². The molecule has 2 fully saturated rings. The summed E-state index contributed by atoms with van der Waals surface area (Å²) >= 11 is 0. The summed E-state index contributed by atoms with van der Waals surface area (Å²) in [5.41, 5.74) is 0.748. The quantitative estimate of drug-likeness (QED) is 0.818. The van der Waals surface area contributed by atoms with Crippen LogP contribution in [0.25, 0.3) is 0 Å². The number of nitrogens with one attached hydrogen (secondary N) is 2. The average Bonchev–Trinajstić information content (AvgIpc) is 2.99. The van der Waals surface area contributed by atoms with E-state index in [4.69, 9.17) is 4.74 Å². The highest BCUT2D eigenvalue weighted by molar-refractivity contribution is 6.01. The zero-order valence-corrected chi connectivity index (χ0v) is 16.2. The highest BCUT2D eigenvalue weighted by atomic mass is 35.5. The third kappa shape index (κ3) is 4.48. The summed E-state index contributed by atoms with van der Waals surface area (Å²) in [5.74, 6) is 0.783. The van der Waals surface area contributed by atoms with Crippen LogP contribution in [0, 0.1) is 11.8 Å². The van der Waals surface area contributed by atoms with Crippen LogP contribution in [0.2, 0.25) is 0 Å². The van der Waals surface area contributed by atoms with Crippen molar-refractivity contribution in [2.45, 2.75) is 32.7 Å². The van der Waals surface area contributed by atoms with E-state index in [-0.39, 0.29) is 42.6 Å². The van der Waals surface area contributed by atoms with Gasteiger partial charge in [-0.15, -0.1) is 12.4 Å². The number of halogens is 1. The van der Waals surface area contributed by atoms with Gasteiger partial charge in [-0.1, -0.05) is 19.1 Å². The molecule has 0 spiro atoms. The number of para-hydroxylation sites is 2. The van der Waals surface area contributed by atoms with Crippen LogP contribution in [0.1, 0.15) is 26.7 Å². The SMILES string of the molecule is CCOc1ccccc1N1CC(C(=O)NC2CNCCC2C)CC1=O.Cl. The summed E-state index contributed by atoms with van der Waals surface area (Å²) in [6, 6.07) is 7.64. The van der Waals surface area contributed by atoms with Gasteiger partial charge in [0.15, 0.2) is 0 Å². The lowest BCUT2D eigenvalue weighted by atomic mass is 9.94. The molecule has 3 rings (SSSR count). The molecule has 2 aliphatic rings. The van der Waals surface area contributed by atoms with Gasteiger partial charge in [0, 0.05) is 25.6 Å². The molecule has 2 N–H and O–H groups in total. The molecule has 2 amide bonds. The minimum Gasteiger partial charge on any atom is -0.492 e. The monoisotopic (exact) mass is 381 g/mol. The predicted octanol–water partition coefficient (Wildman–Crippen LogP) is 1.97. The van der Waals surface area contributed by atoms with E-state index in [0.717, 1.165) is 25.2 Å². The van der Waals surface area contributed by atoms with Crippen LogP contribution in [0.5, 0.6) is 5.75 Å². The Morgan fingerprint density at radius 1 is 1.38 bits per heavy atom. The van der Waals surface area contributed by atoms with E-state index < -0.39 is 0 Å². The number of piperidine rings is 1. The summed E-state index contributed by atoms with van der Waals surface area (Å²) in [6.45, 7) is 6.81. The maximum atomic E-state index is 12.6. The fourth-order valence-corrected chi connectivity index (χ4v) is 3.56. The van der Waals surface area contributed by atoms with E-state index in [9.17, 15) is 9.59 Å². The molecule has 2 aliphatic heterocycles. The largest absolute Gasteiger partial charge is 0.492 e. The van der Waals surface area contributed by atoms with Gasteiger partial charge in [0.25, 0.3) is 0 Å². The molecule has 6 nitrogen and oxygen atoms in total. The van der Waals surface area contributed by atoms with Crippen molar-refractivity contribution in [1.82, 2.24) is 10.6 Å². The number of anilines is 1. The van der Waals surface area contributed by atoms with Crippen LogP contribution in [0.4, 0.5) is 5.69 Å². The second kappa shape index (κ2) is 9.24. The van der Waals surface area contributed by atoms with Gasteiger partial charge in [0.1, 0.15) is 5.75 Å². The highest BCUT2D eigenvalue weighted by Crippen LogP contribution is 2.33. The lowest BCUT2D eigenvalue weighted by Crippen LogP contribution is -2.51. The molecule has 26 heavy (non-hydrogen) atoms. The van der Waals surface area contributed by atoms with Gasteiger partial charge < -0.3 is 20.3 Å². The van der Waals surface area contributed by atoms with E-state index >= 15 is 0 Å². The smallest absolute Gasteiger partial charge is 0.227 e. The number of hydrogen-bond acceptors (Lipinski definition) is 4. The van der Waals surface area contributed by atoms with E-state index in [1.54, 1.807) is 4.90 Å². The normalized spacial score (nSPS) is 25.5. The topological polar surface area (TPSA) is 70.7 Å². The van der Waals surface area contributed by atoms with Crippen molar-refractivity contribution in [3.63, 3.8) is 0 Å². The number of benzene rings is 1. The molecule has 3 atom stereocenters. The van der Waals surface area contributed by atoms with Gasteiger partial charge in [0.2, 0.25) is 11.8 Å². The molecule has 144 valence electrons. The van der Waals surface area contributed by atoms with Crippen molar-refractivity contribution in [2.24, 2.45) is 11.8 Å². The number of carbonyl (C=O) groups is 2. The Morgan fingerprint density at radius 2 is 2.15 bits per heavy atom. The van der Waals surface area contributed by atoms with Crippen LogP contribution >= 0.6 is 12.4 Å². The summed E-state index contributed by atoms with van der Waals surface area (Å²) < 4.78 is 5.63. The lowest BCUT2D eigenvalue weighted by Gasteiger charge is -2.31. The first kappa shape index (κ1) is 20.5. The number of amides is 2. The van der Waals surface area contributed by atoms with Crippen LogP contribution in [-0.4, -0.2) is 44.1 Å². The van der Waals surface area contributed by atoms with E-state index in [0.29, 0.717) is 24.8 Å². The van der Waals surface area contributed by atoms with Crippen LogP contribution < -0.4 is 20.3 Å². The van der Waals surface area contributed by atoms with E-state index in [2.05, 4.69) is 17.6 Å². The summed E-state index contributed by atoms with van der Waals surface area (Å²) in [4.78, 5) is 26.8. The van der Waals surface area contributed by atoms with Crippen molar-refractivity contribution in [3.8, 4) is 5.75 Å². The standard InChI is InChI=1S/C19H27N3O3.ClH/c1-3-25-17-7-5-4-6-16(17)22-12-14(10-18(22)23)19(24)21-15-11-20-9-8-13(15)2;/h4-7,13-15,20H,3,8-12H2,1-2H3,(H,21,24);1H. The zero-order chi connectivity index (χ0) is 17.8. The molecule has 0 aromatic heterocycles. The molecule has 0 bridgehead atoms. The number of nitrogens with zero attached hydrogens (tertiary/aromatic N) is 1. The zero-order valence-electron chi connectivity index (χ0n) is 15.4. The Labute approximate surface area is 161 Å². The minimum atomic E-state index is -0.309. The van der Waals surface area contributed by atoms with Crippen LogP contribution in [0.3, 0.4) is 0 Å². The maximum Gasteiger partial charge on any atom is 0.227 e. The first-order valence-electron chi connectivity index (χ1n) is 9.13. The number of rotatable bonds is 5. The van der Waals surface area contributed by atoms with Gasteiger partial charge in [-0.2, -0.15) is 0 Å². The van der Waals surface area contributed by atoms with Crippen LogP contribution in [-0.2, 0) is 9.59 Å². The minimum absolute atomic E-state index is 0. The average molecular weight is 382 g/mol. The molecule has 3 unspecified atom stereocenters. The number of carbonyl (C=O) groups excluding carboxylic acids is 2. The van der Waals surface area contributed by atoms with Gasteiger partial charge in [0.05, 0.1) is 18.2 Å². The Hall–Kier alpha value is -1.79. The third-order valence-corrected chi connectivity index (χ3v) is 5.11. The summed E-state index contributed by atoms with van der Waals surface area (Å²) in [6.07, 6.45) is 1.31. The molecular weight excluding hydrogens is 354 g/mol. The molecule has 0 saturated carbocycles. The van der Waals surface area contributed by atoms with Gasteiger partial charge in [-0.3, -0.25) is 9.59 Å². The molecular formula is C19H28ClN3O3. The molecule has 0 radical (unpaired) electrons. The fourth-order valence-electron chi connectivity index (χ4n) is 3.56. The summed E-state index contributed by atoms with van der Waals surface area (Å²) in [5, 5.41) is 6.45. The molecule has 1 aromatic rings. The second-order valence-corrected chi connectivity index (χ2v) is 6.89. The maximum absolute atomic E-state index is 12.6. The number of hydrogen-bond donors (Lipinski definition) is 2. The number of ether oxygens (including phenoxy) is 1. The molecule has 7 heteroatoms. The van der Waals surface area contributed by atoms with E-state index in [1.807, 2.05) is 31.2 Å². The van der Waals surface area contributed by atoms with Crippen molar-refractivity contribution in [1.29, 1.82) is 0 Å². The predicted molar refractivity (Wildman–Crippen MR) is 104 cm³/mol. The fraction of sp³-hybridized carbons (Fsp3) is 0.579. The lowest BCUT2D eigenvalue weighted by molar-refractivity contribution is -0.127. The van der Waals surface area contributed by atoms with E-state index in [1.165, 1.54) is 0 Å². The van der Waals surface area contributed by atoms with Crippen molar-refractivity contribution < 1.29 is 14.3 Å².